The molecule has 2 aromatic carbocycles. The predicted molar refractivity (Wildman–Crippen MR) is 92.6 cm³/mol. The second kappa shape index (κ2) is 7.94. The summed E-state index contributed by atoms with van der Waals surface area (Å²) in [4.78, 5) is 24.3. The highest BCUT2D eigenvalue weighted by Crippen LogP contribution is 2.18. The van der Waals surface area contributed by atoms with Crippen molar-refractivity contribution in [1.29, 1.82) is 0 Å². The van der Waals surface area contributed by atoms with E-state index in [2.05, 4.69) is 0 Å². The van der Waals surface area contributed by atoms with Crippen molar-refractivity contribution in [2.45, 2.75) is 5.75 Å². The molecule has 7 heteroatoms. The smallest absolute Gasteiger partial charge is 0.338 e. The summed E-state index contributed by atoms with van der Waals surface area (Å²) in [6.45, 7) is -0.435. The van der Waals surface area contributed by atoms with Crippen LogP contribution < -0.4 is 4.74 Å². The first-order valence-electron chi connectivity index (χ1n) is 7.40. The van der Waals surface area contributed by atoms with E-state index in [9.17, 15) is 18.0 Å². The summed E-state index contributed by atoms with van der Waals surface area (Å²) in [6.07, 6.45) is 1.11. The lowest BCUT2D eigenvalue weighted by Crippen LogP contribution is -2.15. The van der Waals surface area contributed by atoms with Crippen LogP contribution >= 0.6 is 0 Å². The van der Waals surface area contributed by atoms with Crippen molar-refractivity contribution < 1.29 is 27.5 Å². The van der Waals surface area contributed by atoms with E-state index < -0.39 is 28.2 Å². The van der Waals surface area contributed by atoms with Crippen molar-refractivity contribution in [3.05, 3.63) is 65.2 Å². The molecule has 0 spiro atoms. The second-order valence-electron chi connectivity index (χ2n) is 5.47. The molecule has 0 amide bonds. The van der Waals surface area contributed by atoms with Gasteiger partial charge in [0.05, 0.1) is 24.0 Å². The Bertz CT molecular complexity index is 886. The molecule has 0 atom stereocenters. The predicted octanol–water partition coefficient (Wildman–Crippen LogP) is 2.28. The molecule has 132 valence electrons. The first-order chi connectivity index (χ1) is 11.8. The number of hydrogen-bond acceptors (Lipinski definition) is 6. The van der Waals surface area contributed by atoms with Crippen LogP contribution in [0.3, 0.4) is 0 Å². The minimum absolute atomic E-state index is 0.172. The van der Waals surface area contributed by atoms with Crippen LogP contribution in [0.15, 0.2) is 48.5 Å². The average Bonchev–Trinajstić information content (AvgIpc) is 2.58. The number of carbonyl (C=O) groups excluding carboxylic acids is 2. The van der Waals surface area contributed by atoms with Gasteiger partial charge in [-0.3, -0.25) is 4.79 Å². The molecule has 6 nitrogen and oxygen atoms in total. The van der Waals surface area contributed by atoms with Gasteiger partial charge in [0.15, 0.2) is 16.4 Å². The maximum Gasteiger partial charge on any atom is 0.338 e. The molecule has 0 unspecified atom stereocenters. The number of methoxy groups -OCH3 is 1. The van der Waals surface area contributed by atoms with Gasteiger partial charge in [0.1, 0.15) is 5.75 Å². The summed E-state index contributed by atoms with van der Waals surface area (Å²) in [6, 6.07) is 12.8. The SMILES string of the molecule is COc1ccccc1C(=O)COC(=O)c1cccc(CS(C)(=O)=O)c1. The number of ether oxygens (including phenoxy) is 2. The lowest BCUT2D eigenvalue weighted by atomic mass is 10.1. The van der Waals surface area contributed by atoms with Gasteiger partial charge in [0.2, 0.25) is 5.78 Å². The van der Waals surface area contributed by atoms with E-state index in [1.54, 1.807) is 36.4 Å². The fraction of sp³-hybridized carbons (Fsp3) is 0.222. The summed E-state index contributed by atoms with van der Waals surface area (Å²) >= 11 is 0. The molecule has 0 aromatic heterocycles. The molecule has 0 saturated heterocycles. The number of esters is 1. The van der Waals surface area contributed by atoms with Crippen molar-refractivity contribution in [1.82, 2.24) is 0 Å². The third kappa shape index (κ3) is 5.42. The first kappa shape index (κ1) is 18.7. The van der Waals surface area contributed by atoms with E-state index in [1.165, 1.54) is 19.2 Å². The maximum atomic E-state index is 12.2. The molecule has 25 heavy (non-hydrogen) atoms. The summed E-state index contributed by atoms with van der Waals surface area (Å²) in [5.41, 5.74) is 0.991. The van der Waals surface area contributed by atoms with Crippen LogP contribution in [0.25, 0.3) is 0 Å². The fourth-order valence-corrected chi connectivity index (χ4v) is 3.04. The molecular weight excluding hydrogens is 344 g/mol. The van der Waals surface area contributed by atoms with Gasteiger partial charge >= 0.3 is 5.97 Å². The zero-order valence-corrected chi connectivity index (χ0v) is 14.7. The normalized spacial score (nSPS) is 11.0. The zero-order valence-electron chi connectivity index (χ0n) is 13.9. The Balaban J connectivity index is 2.05. The Morgan fingerprint density at radius 3 is 2.44 bits per heavy atom. The quantitative estimate of drug-likeness (QED) is 0.555. The average molecular weight is 362 g/mol. The van der Waals surface area contributed by atoms with E-state index in [4.69, 9.17) is 9.47 Å². The second-order valence-corrected chi connectivity index (χ2v) is 7.61. The molecule has 0 aliphatic heterocycles. The van der Waals surface area contributed by atoms with Crippen LogP contribution in [0.2, 0.25) is 0 Å². The molecule has 2 aromatic rings. The third-order valence-corrected chi connectivity index (χ3v) is 4.19. The molecule has 2 rings (SSSR count). The number of ketones is 1. The van der Waals surface area contributed by atoms with Crippen LogP contribution in [0, 0.1) is 0 Å². The highest BCUT2D eigenvalue weighted by atomic mass is 32.2. The third-order valence-electron chi connectivity index (χ3n) is 3.33. The Labute approximate surface area is 146 Å². The van der Waals surface area contributed by atoms with Gasteiger partial charge in [0.25, 0.3) is 0 Å². The summed E-state index contributed by atoms with van der Waals surface area (Å²) in [5.74, 6) is -0.857. The Morgan fingerprint density at radius 1 is 1.04 bits per heavy atom. The number of benzene rings is 2. The molecule has 0 N–H and O–H groups in total. The highest BCUT2D eigenvalue weighted by molar-refractivity contribution is 7.89. The van der Waals surface area contributed by atoms with Gasteiger partial charge < -0.3 is 9.47 Å². The molecule has 0 fully saturated rings. The largest absolute Gasteiger partial charge is 0.496 e. The van der Waals surface area contributed by atoms with Gasteiger partial charge in [-0.25, -0.2) is 13.2 Å². The molecule has 0 saturated carbocycles. The first-order valence-corrected chi connectivity index (χ1v) is 9.46. The van der Waals surface area contributed by atoms with Crippen LogP contribution in [-0.4, -0.2) is 40.1 Å². The van der Waals surface area contributed by atoms with Gasteiger partial charge in [-0.1, -0.05) is 24.3 Å². The van der Waals surface area contributed by atoms with E-state index in [1.807, 2.05) is 0 Å². The summed E-state index contributed by atoms with van der Waals surface area (Å²) < 4.78 is 32.8. The van der Waals surface area contributed by atoms with Gasteiger partial charge in [0, 0.05) is 6.26 Å². The highest BCUT2D eigenvalue weighted by Gasteiger charge is 2.16. The topological polar surface area (TPSA) is 86.7 Å². The van der Waals surface area contributed by atoms with Crippen LogP contribution in [-0.2, 0) is 20.3 Å². The van der Waals surface area contributed by atoms with Crippen molar-refractivity contribution in [2.75, 3.05) is 20.0 Å². The Morgan fingerprint density at radius 2 is 1.76 bits per heavy atom. The number of sulfone groups is 1. The van der Waals surface area contributed by atoms with Crippen molar-refractivity contribution in [3.8, 4) is 5.75 Å². The molecule has 0 aliphatic carbocycles. The molecule has 0 aliphatic rings. The summed E-state index contributed by atoms with van der Waals surface area (Å²) in [5, 5.41) is 0. The Hall–Kier alpha value is -2.67. The zero-order chi connectivity index (χ0) is 18.4. The number of carbonyl (C=O) groups is 2. The molecule has 0 heterocycles. The van der Waals surface area contributed by atoms with Gasteiger partial charge in [-0.2, -0.15) is 0 Å². The number of Topliss-reactive ketones (excluding diaryl/α,β-unsaturated/α-hetero) is 1. The molecule has 0 bridgehead atoms. The lowest BCUT2D eigenvalue weighted by Gasteiger charge is -2.08. The monoisotopic (exact) mass is 362 g/mol. The van der Waals surface area contributed by atoms with E-state index >= 15 is 0 Å². The van der Waals surface area contributed by atoms with Crippen LogP contribution in [0.4, 0.5) is 0 Å². The number of rotatable bonds is 7. The van der Waals surface area contributed by atoms with Crippen LogP contribution in [0.1, 0.15) is 26.3 Å². The van der Waals surface area contributed by atoms with E-state index in [-0.39, 0.29) is 11.3 Å². The number of para-hydroxylation sites is 1. The lowest BCUT2D eigenvalue weighted by molar-refractivity contribution is 0.0474. The van der Waals surface area contributed by atoms with Crippen molar-refractivity contribution in [2.24, 2.45) is 0 Å². The molecular formula is C18H18O6S. The number of hydrogen-bond donors (Lipinski definition) is 0. The standard InChI is InChI=1S/C18H18O6S/c1-23-17-9-4-3-8-15(17)16(19)11-24-18(20)14-7-5-6-13(10-14)12-25(2,21)22/h3-10H,11-12H2,1-2H3. The fourth-order valence-electron chi connectivity index (χ4n) is 2.26. The van der Waals surface area contributed by atoms with Gasteiger partial charge in [-0.15, -0.1) is 0 Å². The van der Waals surface area contributed by atoms with Crippen LogP contribution in [0.5, 0.6) is 5.75 Å². The minimum atomic E-state index is -3.21. The Kier molecular flexibility index (Phi) is 5.93. The van der Waals surface area contributed by atoms with E-state index in [0.29, 0.717) is 16.9 Å². The minimum Gasteiger partial charge on any atom is -0.496 e. The summed E-state index contributed by atoms with van der Waals surface area (Å²) in [7, 11) is -1.76. The van der Waals surface area contributed by atoms with Crippen molar-refractivity contribution >= 4 is 21.6 Å². The molecule has 0 radical (unpaired) electrons. The van der Waals surface area contributed by atoms with Gasteiger partial charge in [-0.05, 0) is 29.8 Å². The van der Waals surface area contributed by atoms with Crippen molar-refractivity contribution in [3.63, 3.8) is 0 Å². The van der Waals surface area contributed by atoms with E-state index in [0.717, 1.165) is 6.26 Å². The maximum absolute atomic E-state index is 12.2.